The molecule has 1 aliphatic heterocycles. The molecule has 3 heteroatoms. The van der Waals surface area contributed by atoms with E-state index in [2.05, 4.69) is 18.7 Å². The van der Waals surface area contributed by atoms with Crippen LogP contribution in [0.25, 0.3) is 0 Å². The smallest absolute Gasteiger partial charge is 0.127 e. The van der Waals surface area contributed by atoms with Gasteiger partial charge in [-0.05, 0) is 13.3 Å². The quantitative estimate of drug-likeness (QED) is 0.640. The molecule has 1 rings (SSSR count). The zero-order valence-corrected chi connectivity index (χ0v) is 9.45. The summed E-state index contributed by atoms with van der Waals surface area (Å²) in [7, 11) is 0. The Labute approximate surface area is 86.4 Å². The van der Waals surface area contributed by atoms with Gasteiger partial charge in [0.2, 0.25) is 0 Å². The summed E-state index contributed by atoms with van der Waals surface area (Å²) in [6, 6.07) is 0.439. The lowest BCUT2D eigenvalue weighted by molar-refractivity contribution is -0.118. The number of aldehydes is 1. The van der Waals surface area contributed by atoms with Gasteiger partial charge < -0.3 is 9.53 Å². The molecule has 1 fully saturated rings. The van der Waals surface area contributed by atoms with Gasteiger partial charge in [-0.25, -0.2) is 0 Å². The molecular weight excluding hydrogens is 178 g/mol. The number of rotatable bonds is 4. The molecule has 0 saturated carbocycles. The van der Waals surface area contributed by atoms with Crippen LogP contribution in [-0.4, -0.2) is 43.5 Å². The first-order valence-corrected chi connectivity index (χ1v) is 5.39. The topological polar surface area (TPSA) is 29.5 Å². The molecule has 0 spiro atoms. The molecule has 1 saturated heterocycles. The van der Waals surface area contributed by atoms with Gasteiger partial charge in [-0.2, -0.15) is 0 Å². The van der Waals surface area contributed by atoms with Crippen LogP contribution in [-0.2, 0) is 9.53 Å². The second kappa shape index (κ2) is 4.89. The molecule has 14 heavy (non-hydrogen) atoms. The van der Waals surface area contributed by atoms with E-state index in [1.807, 2.05) is 6.92 Å². The second-order valence-electron chi connectivity index (χ2n) is 4.52. The molecule has 82 valence electrons. The van der Waals surface area contributed by atoms with Crippen LogP contribution >= 0.6 is 0 Å². The molecule has 1 heterocycles. The first-order valence-electron chi connectivity index (χ1n) is 5.39. The van der Waals surface area contributed by atoms with Crippen molar-refractivity contribution in [3.63, 3.8) is 0 Å². The number of carbonyl (C=O) groups is 1. The summed E-state index contributed by atoms with van der Waals surface area (Å²) < 4.78 is 5.36. The highest BCUT2D eigenvalue weighted by Gasteiger charge is 2.28. The minimum Gasteiger partial charge on any atom is -0.379 e. The van der Waals surface area contributed by atoms with Crippen molar-refractivity contribution in [3.8, 4) is 0 Å². The lowest BCUT2D eigenvalue weighted by Gasteiger charge is -2.37. The minimum absolute atomic E-state index is 0.189. The van der Waals surface area contributed by atoms with Crippen LogP contribution in [0.15, 0.2) is 0 Å². The van der Waals surface area contributed by atoms with Crippen LogP contribution in [0.3, 0.4) is 0 Å². The maximum Gasteiger partial charge on any atom is 0.127 e. The molecule has 0 radical (unpaired) electrons. The summed E-state index contributed by atoms with van der Waals surface area (Å²) in [5.41, 5.74) is -0.189. The van der Waals surface area contributed by atoms with E-state index in [9.17, 15) is 4.79 Å². The SMILES string of the molecule is CCC(C)(C=O)CN1CCOCC1C. The fourth-order valence-electron chi connectivity index (χ4n) is 1.69. The fraction of sp³-hybridized carbons (Fsp3) is 0.909. The molecule has 2 unspecified atom stereocenters. The largest absolute Gasteiger partial charge is 0.379 e. The van der Waals surface area contributed by atoms with Crippen molar-refractivity contribution in [1.29, 1.82) is 0 Å². The Balaban J connectivity index is 2.52. The second-order valence-corrected chi connectivity index (χ2v) is 4.52. The predicted octanol–water partition coefficient (Wildman–Crippen LogP) is 1.32. The normalized spacial score (nSPS) is 28.4. The van der Waals surface area contributed by atoms with E-state index in [4.69, 9.17) is 4.74 Å². The summed E-state index contributed by atoms with van der Waals surface area (Å²) in [5, 5.41) is 0. The van der Waals surface area contributed by atoms with Gasteiger partial charge in [0.05, 0.1) is 13.2 Å². The molecular formula is C11H21NO2. The molecule has 3 nitrogen and oxygen atoms in total. The Morgan fingerprint density at radius 3 is 2.86 bits per heavy atom. The van der Waals surface area contributed by atoms with Crippen molar-refractivity contribution in [2.45, 2.75) is 33.2 Å². The number of carbonyl (C=O) groups excluding carboxylic acids is 1. The zero-order valence-electron chi connectivity index (χ0n) is 9.45. The van der Waals surface area contributed by atoms with Crippen molar-refractivity contribution < 1.29 is 9.53 Å². The molecule has 0 amide bonds. The van der Waals surface area contributed by atoms with Crippen molar-refractivity contribution in [2.24, 2.45) is 5.41 Å². The summed E-state index contributed by atoms with van der Waals surface area (Å²) in [6.07, 6.45) is 2.00. The third kappa shape index (κ3) is 2.79. The van der Waals surface area contributed by atoms with E-state index in [0.717, 1.165) is 39.0 Å². The van der Waals surface area contributed by atoms with E-state index < -0.39 is 0 Å². The number of ether oxygens (including phenoxy) is 1. The highest BCUT2D eigenvalue weighted by atomic mass is 16.5. The maximum absolute atomic E-state index is 11.0. The van der Waals surface area contributed by atoms with E-state index in [1.54, 1.807) is 0 Å². The maximum atomic E-state index is 11.0. The number of morpholine rings is 1. The average Bonchev–Trinajstić information content (AvgIpc) is 2.21. The molecule has 0 aromatic carbocycles. The third-order valence-electron chi connectivity index (χ3n) is 3.16. The Bertz CT molecular complexity index is 196. The van der Waals surface area contributed by atoms with Gasteiger partial charge in [0.25, 0.3) is 0 Å². The van der Waals surface area contributed by atoms with Crippen molar-refractivity contribution in [3.05, 3.63) is 0 Å². The van der Waals surface area contributed by atoms with Gasteiger partial charge in [0, 0.05) is 24.5 Å². The average molecular weight is 199 g/mol. The minimum atomic E-state index is -0.189. The number of hydrogen-bond donors (Lipinski definition) is 0. The van der Waals surface area contributed by atoms with Crippen LogP contribution in [0.5, 0.6) is 0 Å². The van der Waals surface area contributed by atoms with Gasteiger partial charge in [0.1, 0.15) is 6.29 Å². The van der Waals surface area contributed by atoms with Crippen LogP contribution in [0.4, 0.5) is 0 Å². The van der Waals surface area contributed by atoms with Gasteiger partial charge >= 0.3 is 0 Å². The van der Waals surface area contributed by atoms with Crippen LogP contribution in [0.1, 0.15) is 27.2 Å². The standard InChI is InChI=1S/C11H21NO2/c1-4-11(3,9-13)8-12-5-6-14-7-10(12)2/h9-10H,4-8H2,1-3H3. The molecule has 0 N–H and O–H groups in total. The van der Waals surface area contributed by atoms with Gasteiger partial charge in [-0.15, -0.1) is 0 Å². The van der Waals surface area contributed by atoms with E-state index >= 15 is 0 Å². The van der Waals surface area contributed by atoms with Crippen LogP contribution in [0, 0.1) is 5.41 Å². The van der Waals surface area contributed by atoms with E-state index in [0.29, 0.717) is 6.04 Å². The first kappa shape index (κ1) is 11.7. The van der Waals surface area contributed by atoms with Gasteiger partial charge in [0.15, 0.2) is 0 Å². The summed E-state index contributed by atoms with van der Waals surface area (Å²) in [5.74, 6) is 0. The molecule has 0 aromatic heterocycles. The monoisotopic (exact) mass is 199 g/mol. The van der Waals surface area contributed by atoms with Crippen LogP contribution < -0.4 is 0 Å². The Kier molecular flexibility index (Phi) is 4.08. The Morgan fingerprint density at radius 1 is 1.64 bits per heavy atom. The molecule has 0 aromatic rings. The highest BCUT2D eigenvalue weighted by molar-refractivity contribution is 5.58. The van der Waals surface area contributed by atoms with E-state index in [-0.39, 0.29) is 5.41 Å². The zero-order chi connectivity index (χ0) is 10.6. The van der Waals surface area contributed by atoms with Crippen molar-refractivity contribution in [2.75, 3.05) is 26.3 Å². The Hall–Kier alpha value is -0.410. The summed E-state index contributed by atoms with van der Waals surface area (Å²) >= 11 is 0. The molecule has 1 aliphatic rings. The predicted molar refractivity (Wildman–Crippen MR) is 56.3 cm³/mol. The Morgan fingerprint density at radius 2 is 2.36 bits per heavy atom. The number of hydrogen-bond acceptors (Lipinski definition) is 3. The van der Waals surface area contributed by atoms with Crippen molar-refractivity contribution in [1.82, 2.24) is 4.90 Å². The molecule has 0 aliphatic carbocycles. The fourth-order valence-corrected chi connectivity index (χ4v) is 1.69. The van der Waals surface area contributed by atoms with Gasteiger partial charge in [-0.3, -0.25) is 4.90 Å². The summed E-state index contributed by atoms with van der Waals surface area (Å²) in [6.45, 7) is 9.64. The summed E-state index contributed by atoms with van der Waals surface area (Å²) in [4.78, 5) is 13.3. The van der Waals surface area contributed by atoms with Gasteiger partial charge in [-0.1, -0.05) is 13.8 Å². The van der Waals surface area contributed by atoms with Crippen molar-refractivity contribution >= 4 is 6.29 Å². The number of nitrogens with zero attached hydrogens (tertiary/aromatic N) is 1. The van der Waals surface area contributed by atoms with E-state index in [1.165, 1.54) is 0 Å². The molecule has 0 bridgehead atoms. The van der Waals surface area contributed by atoms with Crippen LogP contribution in [0.2, 0.25) is 0 Å². The molecule has 2 atom stereocenters. The lowest BCUT2D eigenvalue weighted by atomic mass is 9.88. The lowest BCUT2D eigenvalue weighted by Crippen LogP contribution is -2.48. The highest BCUT2D eigenvalue weighted by Crippen LogP contribution is 2.21. The first-order chi connectivity index (χ1) is 6.61. The third-order valence-corrected chi connectivity index (χ3v) is 3.16.